The Morgan fingerprint density at radius 1 is 1.14 bits per heavy atom. The third-order valence-electron chi connectivity index (χ3n) is 3.66. The minimum absolute atomic E-state index is 0.0298. The number of nitrogens with zero attached hydrogens (tertiary/aromatic N) is 1. The summed E-state index contributed by atoms with van der Waals surface area (Å²) in [5.74, 6) is -0.271. The van der Waals surface area contributed by atoms with Gasteiger partial charge in [0.1, 0.15) is 5.82 Å². The van der Waals surface area contributed by atoms with Crippen LogP contribution >= 0.6 is 0 Å². The Morgan fingerprint density at radius 2 is 1.86 bits per heavy atom. The molecule has 4 heteroatoms. The Bertz CT molecular complexity index is 589. The van der Waals surface area contributed by atoms with Gasteiger partial charge >= 0.3 is 0 Å². The molecule has 2 rings (SSSR count). The smallest absolute Gasteiger partial charge is 0.126 e. The lowest BCUT2D eigenvalue weighted by molar-refractivity contribution is 0.0956. The Labute approximate surface area is 130 Å². The fraction of sp³-hybridized carbons (Fsp3) is 0.333. The van der Waals surface area contributed by atoms with Crippen molar-refractivity contribution in [1.82, 2.24) is 4.90 Å². The van der Waals surface area contributed by atoms with Gasteiger partial charge in [-0.05, 0) is 29.7 Å². The van der Waals surface area contributed by atoms with Crippen molar-refractivity contribution in [1.29, 1.82) is 0 Å². The van der Waals surface area contributed by atoms with E-state index in [4.69, 9.17) is 0 Å². The van der Waals surface area contributed by atoms with E-state index in [-0.39, 0.29) is 12.4 Å². The highest BCUT2D eigenvalue weighted by molar-refractivity contribution is 5.26. The summed E-state index contributed by atoms with van der Waals surface area (Å²) in [6.07, 6.45) is -0.713. The lowest BCUT2D eigenvalue weighted by atomic mass is 10.1. The van der Waals surface area contributed by atoms with Crippen molar-refractivity contribution >= 4 is 0 Å². The summed E-state index contributed by atoms with van der Waals surface area (Å²) in [7, 11) is 0. The van der Waals surface area contributed by atoms with Crippen molar-refractivity contribution < 1.29 is 14.6 Å². The SMILES string of the molecule is Cc1cc(C(O)CN(CCO)Cc2ccccc2)ccc1F. The number of aryl methyl sites for hydroxylation is 1. The highest BCUT2D eigenvalue weighted by atomic mass is 19.1. The molecular formula is C18H22FNO2. The van der Waals surface area contributed by atoms with E-state index in [1.807, 2.05) is 35.2 Å². The second-order valence-corrected chi connectivity index (χ2v) is 5.47. The van der Waals surface area contributed by atoms with Crippen LogP contribution in [0.4, 0.5) is 4.39 Å². The zero-order valence-electron chi connectivity index (χ0n) is 12.7. The van der Waals surface area contributed by atoms with Crippen LogP contribution < -0.4 is 0 Å². The van der Waals surface area contributed by atoms with Crippen LogP contribution in [0.1, 0.15) is 22.8 Å². The fourth-order valence-electron chi connectivity index (χ4n) is 2.44. The van der Waals surface area contributed by atoms with Gasteiger partial charge in [0, 0.05) is 19.6 Å². The molecule has 0 saturated heterocycles. The standard InChI is InChI=1S/C18H22FNO2/c1-14-11-16(7-8-17(14)19)18(22)13-20(9-10-21)12-15-5-3-2-4-6-15/h2-8,11,18,21-22H,9-10,12-13H2,1H3. The van der Waals surface area contributed by atoms with E-state index in [0.29, 0.717) is 30.8 Å². The van der Waals surface area contributed by atoms with Gasteiger partial charge in [-0.2, -0.15) is 0 Å². The molecule has 2 aromatic carbocycles. The van der Waals surface area contributed by atoms with Crippen molar-refractivity contribution in [2.75, 3.05) is 19.7 Å². The maximum Gasteiger partial charge on any atom is 0.126 e. The van der Waals surface area contributed by atoms with Crippen molar-refractivity contribution in [3.8, 4) is 0 Å². The van der Waals surface area contributed by atoms with Crippen LogP contribution in [0.2, 0.25) is 0 Å². The molecule has 0 spiro atoms. The zero-order valence-corrected chi connectivity index (χ0v) is 12.7. The number of aliphatic hydroxyl groups is 2. The van der Waals surface area contributed by atoms with Crippen LogP contribution in [0, 0.1) is 12.7 Å². The molecule has 0 heterocycles. The molecule has 0 bridgehead atoms. The monoisotopic (exact) mass is 303 g/mol. The van der Waals surface area contributed by atoms with Crippen LogP contribution in [0.25, 0.3) is 0 Å². The van der Waals surface area contributed by atoms with Crippen molar-refractivity contribution in [2.45, 2.75) is 19.6 Å². The Balaban J connectivity index is 2.04. The first-order chi connectivity index (χ1) is 10.6. The summed E-state index contributed by atoms with van der Waals surface area (Å²) >= 11 is 0. The molecule has 0 radical (unpaired) electrons. The second kappa shape index (κ2) is 8.03. The maximum atomic E-state index is 13.3. The first-order valence-corrected chi connectivity index (χ1v) is 7.41. The van der Waals surface area contributed by atoms with Crippen molar-refractivity contribution in [3.63, 3.8) is 0 Å². The van der Waals surface area contributed by atoms with Gasteiger partial charge in [0.25, 0.3) is 0 Å². The predicted octanol–water partition coefficient (Wildman–Crippen LogP) is 2.66. The van der Waals surface area contributed by atoms with Crippen molar-refractivity contribution in [3.05, 3.63) is 71.0 Å². The van der Waals surface area contributed by atoms with Crippen LogP contribution in [0.3, 0.4) is 0 Å². The van der Waals surface area contributed by atoms with Crippen LogP contribution in [0.15, 0.2) is 48.5 Å². The molecule has 2 N–H and O–H groups in total. The molecule has 0 fully saturated rings. The first kappa shape index (κ1) is 16.6. The summed E-state index contributed by atoms with van der Waals surface area (Å²) in [6, 6.07) is 14.6. The van der Waals surface area contributed by atoms with Crippen LogP contribution in [-0.4, -0.2) is 34.8 Å². The van der Waals surface area contributed by atoms with Gasteiger partial charge in [-0.3, -0.25) is 4.90 Å². The average Bonchev–Trinajstić information content (AvgIpc) is 2.51. The first-order valence-electron chi connectivity index (χ1n) is 7.41. The molecule has 118 valence electrons. The van der Waals surface area contributed by atoms with Gasteiger partial charge < -0.3 is 10.2 Å². The van der Waals surface area contributed by atoms with Crippen LogP contribution in [0.5, 0.6) is 0 Å². The summed E-state index contributed by atoms with van der Waals surface area (Å²) in [5, 5.41) is 19.6. The molecule has 1 unspecified atom stereocenters. The van der Waals surface area contributed by atoms with Gasteiger partial charge in [0.05, 0.1) is 12.7 Å². The Kier molecular flexibility index (Phi) is 6.07. The van der Waals surface area contributed by atoms with E-state index in [0.717, 1.165) is 5.56 Å². The summed E-state index contributed by atoms with van der Waals surface area (Å²) in [6.45, 7) is 3.23. The number of aliphatic hydroxyl groups excluding tert-OH is 2. The lowest BCUT2D eigenvalue weighted by Gasteiger charge is -2.24. The molecule has 22 heavy (non-hydrogen) atoms. The highest BCUT2D eigenvalue weighted by Gasteiger charge is 2.14. The molecule has 3 nitrogen and oxygen atoms in total. The summed E-state index contributed by atoms with van der Waals surface area (Å²) in [5.41, 5.74) is 2.33. The van der Waals surface area contributed by atoms with E-state index in [1.165, 1.54) is 6.07 Å². The lowest BCUT2D eigenvalue weighted by Crippen LogP contribution is -2.31. The number of rotatable bonds is 7. The molecule has 0 aliphatic heterocycles. The number of hydrogen-bond donors (Lipinski definition) is 2. The topological polar surface area (TPSA) is 43.7 Å². The van der Waals surface area contributed by atoms with E-state index in [2.05, 4.69) is 0 Å². The summed E-state index contributed by atoms with van der Waals surface area (Å²) in [4.78, 5) is 1.98. The number of benzene rings is 2. The third-order valence-corrected chi connectivity index (χ3v) is 3.66. The molecule has 0 amide bonds. The average molecular weight is 303 g/mol. The van der Waals surface area contributed by atoms with E-state index in [9.17, 15) is 14.6 Å². The van der Waals surface area contributed by atoms with Gasteiger partial charge in [-0.15, -0.1) is 0 Å². The van der Waals surface area contributed by atoms with Gasteiger partial charge in [0.2, 0.25) is 0 Å². The molecule has 0 aromatic heterocycles. The fourth-order valence-corrected chi connectivity index (χ4v) is 2.44. The zero-order chi connectivity index (χ0) is 15.9. The predicted molar refractivity (Wildman–Crippen MR) is 84.9 cm³/mol. The van der Waals surface area contributed by atoms with Crippen LogP contribution in [-0.2, 0) is 6.54 Å². The molecule has 0 aliphatic rings. The molecule has 2 aromatic rings. The highest BCUT2D eigenvalue weighted by Crippen LogP contribution is 2.18. The summed E-state index contributed by atoms with van der Waals surface area (Å²) < 4.78 is 13.3. The van der Waals surface area contributed by atoms with Gasteiger partial charge in [-0.1, -0.05) is 42.5 Å². The van der Waals surface area contributed by atoms with E-state index in [1.54, 1.807) is 19.1 Å². The van der Waals surface area contributed by atoms with E-state index < -0.39 is 6.10 Å². The number of halogens is 1. The Morgan fingerprint density at radius 3 is 2.50 bits per heavy atom. The third kappa shape index (κ3) is 4.63. The van der Waals surface area contributed by atoms with Gasteiger partial charge in [0.15, 0.2) is 0 Å². The normalized spacial score (nSPS) is 12.6. The molecular weight excluding hydrogens is 281 g/mol. The largest absolute Gasteiger partial charge is 0.395 e. The quantitative estimate of drug-likeness (QED) is 0.826. The molecule has 0 aliphatic carbocycles. The minimum atomic E-state index is -0.713. The Hall–Kier alpha value is -1.75. The number of hydrogen-bond acceptors (Lipinski definition) is 3. The maximum absolute atomic E-state index is 13.3. The van der Waals surface area contributed by atoms with E-state index >= 15 is 0 Å². The van der Waals surface area contributed by atoms with Gasteiger partial charge in [-0.25, -0.2) is 4.39 Å². The minimum Gasteiger partial charge on any atom is -0.395 e. The molecule has 1 atom stereocenters. The molecule has 0 saturated carbocycles. The van der Waals surface area contributed by atoms with Crippen molar-refractivity contribution in [2.24, 2.45) is 0 Å². The second-order valence-electron chi connectivity index (χ2n) is 5.47.